The van der Waals surface area contributed by atoms with E-state index < -0.39 is 0 Å². The van der Waals surface area contributed by atoms with Crippen LogP contribution >= 0.6 is 11.3 Å². The second-order valence-corrected chi connectivity index (χ2v) is 11.1. The first-order valence-corrected chi connectivity index (χ1v) is 13.3. The molecular weight excluding hydrogens is 468 g/mol. The Morgan fingerprint density at radius 1 is 0.972 bits per heavy atom. The first-order chi connectivity index (χ1) is 17.2. The van der Waals surface area contributed by atoms with Crippen molar-refractivity contribution in [3.63, 3.8) is 0 Å². The van der Waals surface area contributed by atoms with Crippen LogP contribution < -0.4 is 15.5 Å². The summed E-state index contributed by atoms with van der Waals surface area (Å²) in [5.41, 5.74) is 5.45. The molecule has 0 saturated heterocycles. The Kier molecular flexibility index (Phi) is 7.64. The van der Waals surface area contributed by atoms with Crippen LogP contribution in [0.2, 0.25) is 0 Å². The first kappa shape index (κ1) is 25.7. The van der Waals surface area contributed by atoms with Gasteiger partial charge in [-0.1, -0.05) is 73.7 Å². The molecule has 7 nitrogen and oxygen atoms in total. The molecule has 0 bridgehead atoms. The number of hydrogen-bond acceptors (Lipinski definition) is 6. The van der Waals surface area contributed by atoms with E-state index in [9.17, 15) is 4.79 Å². The molecule has 0 unspecified atom stereocenters. The number of aromatic nitrogens is 3. The highest BCUT2D eigenvalue weighted by atomic mass is 32.1. The molecule has 1 amide bonds. The molecule has 0 spiro atoms. The van der Waals surface area contributed by atoms with Crippen molar-refractivity contribution in [3.8, 4) is 11.3 Å². The molecule has 4 aromatic rings. The number of likely N-dealkylation sites (N-methyl/N-ethyl adjacent to an activating group) is 1. The Bertz CT molecular complexity index is 1320. The van der Waals surface area contributed by atoms with Gasteiger partial charge in [0.2, 0.25) is 16.0 Å². The molecule has 8 heteroatoms. The predicted octanol–water partition coefficient (Wildman–Crippen LogP) is 5.55. The largest absolute Gasteiger partial charge is 0.364 e. The summed E-state index contributed by atoms with van der Waals surface area (Å²) in [7, 11) is 1.88. The molecule has 0 atom stereocenters. The maximum Gasteiger partial charge on any atom is 0.239 e. The topological polar surface area (TPSA) is 74.6 Å². The van der Waals surface area contributed by atoms with Crippen molar-refractivity contribution in [3.05, 3.63) is 65.2 Å². The second kappa shape index (κ2) is 10.7. The van der Waals surface area contributed by atoms with Crippen molar-refractivity contribution < 1.29 is 4.79 Å². The fraction of sp³-hybridized carbons (Fsp3) is 0.393. The summed E-state index contributed by atoms with van der Waals surface area (Å²) >= 11 is 1.48. The van der Waals surface area contributed by atoms with Crippen LogP contribution in [0.4, 0.5) is 10.9 Å². The van der Waals surface area contributed by atoms with Crippen molar-refractivity contribution >= 4 is 33.2 Å². The lowest BCUT2D eigenvalue weighted by molar-refractivity contribution is -0.119. The molecule has 2 aromatic heterocycles. The maximum absolute atomic E-state index is 12.6. The third-order valence-electron chi connectivity index (χ3n) is 5.95. The van der Waals surface area contributed by atoms with E-state index in [1.165, 1.54) is 22.5 Å². The number of nitrogens with one attached hydrogen (secondary N) is 2. The molecule has 0 aliphatic rings. The standard InChI is InChI=1S/C28H36N6OS/c1-7-19-9-11-21(12-10-19)17-29-23(35)18-33(6)27-32-34-25(31-28(3,4)5)24(30-26(34)36-27)22-15-13-20(8-2)14-16-22/h9-16,31H,7-8,17-18H2,1-6H3,(H,29,35). The minimum atomic E-state index is -0.168. The van der Waals surface area contributed by atoms with E-state index in [1.807, 2.05) is 16.5 Å². The summed E-state index contributed by atoms with van der Waals surface area (Å²) in [5, 5.41) is 12.2. The van der Waals surface area contributed by atoms with Crippen LogP contribution in [0, 0.1) is 0 Å². The molecule has 2 N–H and O–H groups in total. The second-order valence-electron chi connectivity index (χ2n) is 10.1. The lowest BCUT2D eigenvalue weighted by Gasteiger charge is -2.22. The molecule has 4 rings (SSSR count). The van der Waals surface area contributed by atoms with Crippen molar-refractivity contribution in [2.24, 2.45) is 0 Å². The van der Waals surface area contributed by atoms with Gasteiger partial charge >= 0.3 is 0 Å². The minimum Gasteiger partial charge on any atom is -0.364 e. The number of imidazole rings is 1. The summed E-state index contributed by atoms with van der Waals surface area (Å²) in [4.78, 5) is 20.2. The van der Waals surface area contributed by atoms with Crippen molar-refractivity contribution in [2.75, 3.05) is 23.8 Å². The van der Waals surface area contributed by atoms with E-state index in [1.54, 1.807) is 0 Å². The average molecular weight is 505 g/mol. The zero-order chi connectivity index (χ0) is 25.9. The summed E-state index contributed by atoms with van der Waals surface area (Å²) in [5.74, 6) is 0.812. The Labute approximate surface area is 217 Å². The molecule has 0 radical (unpaired) electrons. The number of amides is 1. The van der Waals surface area contributed by atoms with E-state index in [-0.39, 0.29) is 18.0 Å². The summed E-state index contributed by atoms with van der Waals surface area (Å²) < 4.78 is 1.86. The zero-order valence-electron chi connectivity index (χ0n) is 22.1. The van der Waals surface area contributed by atoms with Crippen molar-refractivity contribution in [2.45, 2.75) is 59.5 Å². The SMILES string of the molecule is CCc1ccc(CNC(=O)CN(C)c2nn3c(NC(C)(C)C)c(-c4ccc(CC)cc4)nc3s2)cc1. The van der Waals surface area contributed by atoms with Crippen molar-refractivity contribution in [1.82, 2.24) is 19.9 Å². The third-order valence-corrected chi connectivity index (χ3v) is 6.97. The molecule has 36 heavy (non-hydrogen) atoms. The number of anilines is 2. The average Bonchev–Trinajstić information content (AvgIpc) is 3.41. The van der Waals surface area contributed by atoms with E-state index in [4.69, 9.17) is 10.1 Å². The van der Waals surface area contributed by atoms with Crippen LogP contribution in [0.3, 0.4) is 0 Å². The predicted molar refractivity (Wildman–Crippen MR) is 150 cm³/mol. The summed E-state index contributed by atoms with van der Waals surface area (Å²) in [6, 6.07) is 16.9. The zero-order valence-corrected chi connectivity index (χ0v) is 22.9. The maximum atomic E-state index is 12.6. The highest BCUT2D eigenvalue weighted by Gasteiger charge is 2.23. The highest BCUT2D eigenvalue weighted by molar-refractivity contribution is 7.20. The van der Waals surface area contributed by atoms with Gasteiger partial charge in [-0.2, -0.15) is 4.52 Å². The number of aryl methyl sites for hydroxylation is 2. The molecular formula is C28H36N6OS. The monoisotopic (exact) mass is 504 g/mol. The number of fused-ring (bicyclic) bond motifs is 1. The van der Waals surface area contributed by atoms with Gasteiger partial charge in [-0.15, -0.1) is 5.10 Å². The molecule has 0 fully saturated rings. The van der Waals surface area contributed by atoms with Gasteiger partial charge in [-0.05, 0) is 50.3 Å². The molecule has 190 valence electrons. The van der Waals surface area contributed by atoms with Crippen molar-refractivity contribution in [1.29, 1.82) is 0 Å². The Balaban J connectivity index is 1.51. The van der Waals surface area contributed by atoms with E-state index in [0.717, 1.165) is 45.6 Å². The van der Waals surface area contributed by atoms with Gasteiger partial charge in [0.1, 0.15) is 5.69 Å². The molecule has 2 aromatic carbocycles. The smallest absolute Gasteiger partial charge is 0.239 e. The van der Waals surface area contributed by atoms with E-state index in [2.05, 4.69) is 93.8 Å². The lowest BCUT2D eigenvalue weighted by atomic mass is 10.1. The number of rotatable bonds is 9. The molecule has 2 heterocycles. The van der Waals surface area contributed by atoms with Crippen LogP contribution in [0.5, 0.6) is 0 Å². The quantitative estimate of drug-likeness (QED) is 0.313. The summed E-state index contributed by atoms with van der Waals surface area (Å²) in [6.45, 7) is 11.4. The van der Waals surface area contributed by atoms with Crippen LogP contribution in [-0.4, -0.2) is 39.6 Å². The van der Waals surface area contributed by atoms with Gasteiger partial charge in [0.05, 0.1) is 6.54 Å². The minimum absolute atomic E-state index is 0.0466. The van der Waals surface area contributed by atoms with E-state index in [0.29, 0.717) is 6.54 Å². The lowest BCUT2D eigenvalue weighted by Crippen LogP contribution is -2.34. The number of nitrogens with zero attached hydrogens (tertiary/aromatic N) is 4. The number of carbonyl (C=O) groups is 1. The fourth-order valence-electron chi connectivity index (χ4n) is 3.89. The molecule has 0 aliphatic heterocycles. The first-order valence-electron chi connectivity index (χ1n) is 12.5. The van der Waals surface area contributed by atoms with Gasteiger partial charge in [-0.25, -0.2) is 4.98 Å². The molecule has 0 aliphatic carbocycles. The highest BCUT2D eigenvalue weighted by Crippen LogP contribution is 2.34. The van der Waals surface area contributed by atoms with Crippen LogP contribution in [0.15, 0.2) is 48.5 Å². The Hall–Kier alpha value is -3.39. The van der Waals surface area contributed by atoms with Crippen LogP contribution in [0.1, 0.15) is 51.3 Å². The van der Waals surface area contributed by atoms with Gasteiger partial charge < -0.3 is 15.5 Å². The van der Waals surface area contributed by atoms with Gasteiger partial charge in [0, 0.05) is 24.7 Å². The third kappa shape index (κ3) is 6.05. The normalized spacial score (nSPS) is 11.6. The van der Waals surface area contributed by atoms with E-state index >= 15 is 0 Å². The molecule has 0 saturated carbocycles. The summed E-state index contributed by atoms with van der Waals surface area (Å²) in [6.07, 6.45) is 2.01. The Morgan fingerprint density at radius 2 is 1.56 bits per heavy atom. The van der Waals surface area contributed by atoms with Gasteiger partial charge in [-0.3, -0.25) is 4.79 Å². The Morgan fingerprint density at radius 3 is 2.14 bits per heavy atom. The van der Waals surface area contributed by atoms with Gasteiger partial charge in [0.15, 0.2) is 5.82 Å². The number of hydrogen-bond donors (Lipinski definition) is 2. The van der Waals surface area contributed by atoms with Gasteiger partial charge in [0.25, 0.3) is 0 Å². The fourth-order valence-corrected chi connectivity index (χ4v) is 4.75. The van der Waals surface area contributed by atoms with Crippen LogP contribution in [-0.2, 0) is 24.2 Å². The number of carbonyl (C=O) groups excluding carboxylic acids is 1. The van der Waals surface area contributed by atoms with Crippen LogP contribution in [0.25, 0.3) is 16.2 Å². The number of benzene rings is 2.